The third kappa shape index (κ3) is 14.1. The Morgan fingerprint density at radius 3 is 0.874 bits per heavy atom. The van der Waals surface area contributed by atoms with E-state index >= 15 is 0 Å². The highest BCUT2D eigenvalue weighted by Crippen LogP contribution is 2.65. The molecular weight excluding hydrogens is 1360 g/mol. The quantitative estimate of drug-likeness (QED) is 0.127. The summed E-state index contributed by atoms with van der Waals surface area (Å²) in [5.74, 6) is 5.13. The Morgan fingerprint density at radius 1 is 0.315 bits per heavy atom. The van der Waals surface area contributed by atoms with E-state index in [4.69, 9.17) is 11.6 Å². The van der Waals surface area contributed by atoms with Gasteiger partial charge in [-0.15, -0.1) is 0 Å². The van der Waals surface area contributed by atoms with E-state index in [2.05, 4.69) is 340 Å². The second-order valence-electron chi connectivity index (χ2n) is 41.0. The fourth-order valence-electron chi connectivity index (χ4n) is 23.3. The minimum Gasteiger partial charge on any atom is -0.311 e. The molecule has 0 unspecified atom stereocenters. The van der Waals surface area contributed by atoms with Crippen molar-refractivity contribution in [3.63, 3.8) is 0 Å². The second-order valence-corrected chi connectivity index (χ2v) is 41.3. The van der Waals surface area contributed by atoms with Gasteiger partial charge >= 0.3 is 0 Å². The highest BCUT2D eigenvalue weighted by molar-refractivity contribution is 7.00. The molecule has 10 aliphatic rings. The van der Waals surface area contributed by atoms with Crippen LogP contribution in [0.15, 0.2) is 182 Å². The van der Waals surface area contributed by atoms with Crippen LogP contribution in [0.2, 0.25) is 5.02 Å². The number of anilines is 12. The number of aryl methyl sites for hydroxylation is 8. The molecule has 2 heterocycles. The maximum atomic E-state index is 8.06. The molecule has 8 bridgehead atoms. The van der Waals surface area contributed by atoms with Gasteiger partial charge in [-0.1, -0.05) is 175 Å². The minimum atomic E-state index is 0. The third-order valence-electron chi connectivity index (χ3n) is 27.5. The number of hydrogen-bond donors (Lipinski definition) is 0. The zero-order valence-corrected chi connectivity index (χ0v) is 70.8. The smallest absolute Gasteiger partial charge is 0.252 e. The molecule has 10 aromatic rings. The van der Waals surface area contributed by atoms with Crippen LogP contribution in [0, 0.1) is 90.9 Å². The summed E-state index contributed by atoms with van der Waals surface area (Å²) in [6.07, 6.45) is 16.5. The molecule has 111 heavy (non-hydrogen) atoms. The molecule has 574 valence electrons. The van der Waals surface area contributed by atoms with Crippen molar-refractivity contribution in [3.8, 4) is 0 Å². The summed E-state index contributed by atoms with van der Waals surface area (Å²) in [5, 5.41) is 0.770. The van der Waals surface area contributed by atoms with Crippen LogP contribution < -0.4 is 36.0 Å². The van der Waals surface area contributed by atoms with E-state index in [1.54, 1.807) is 5.56 Å². The maximum Gasteiger partial charge on any atom is 0.252 e. The molecule has 4 nitrogen and oxygen atoms in total. The summed E-state index contributed by atoms with van der Waals surface area (Å²) in [6.45, 7) is 45.9. The number of halogens is 1. The first-order valence-electron chi connectivity index (χ1n) is 42.1. The Morgan fingerprint density at radius 2 is 0.586 bits per heavy atom. The van der Waals surface area contributed by atoms with Gasteiger partial charge < -0.3 is 19.6 Å². The van der Waals surface area contributed by atoms with Gasteiger partial charge in [0.2, 0.25) is 0 Å². The van der Waals surface area contributed by atoms with Gasteiger partial charge in [-0.05, 0) is 404 Å². The van der Waals surface area contributed by atoms with Crippen LogP contribution in [0.4, 0.5) is 68.2 Å². The van der Waals surface area contributed by atoms with E-state index in [0.717, 1.165) is 74.7 Å². The topological polar surface area (TPSA) is 13.0 Å². The van der Waals surface area contributed by atoms with Crippen molar-refractivity contribution in [1.82, 2.24) is 0 Å². The normalized spacial score (nSPS) is 22.5. The monoisotopic (exact) mass is 1490 g/mol. The molecule has 20 rings (SSSR count). The van der Waals surface area contributed by atoms with Crippen molar-refractivity contribution in [2.24, 2.45) is 35.5 Å². The summed E-state index contributed by atoms with van der Waals surface area (Å²) in [7, 11) is 0. The van der Waals surface area contributed by atoms with Crippen LogP contribution >= 0.6 is 11.6 Å². The Hall–Kier alpha value is -8.25. The van der Waals surface area contributed by atoms with Crippen molar-refractivity contribution in [3.05, 3.63) is 265 Å². The fourth-order valence-corrected chi connectivity index (χ4v) is 23.6. The molecule has 0 atom stereocenters. The summed E-state index contributed by atoms with van der Waals surface area (Å²) in [5.41, 5.74) is 38.3. The molecule has 6 heteroatoms. The molecule has 8 aliphatic carbocycles. The lowest BCUT2D eigenvalue weighted by Crippen LogP contribution is -2.62. The fraction of sp³-hybridized carbons (Fsp3) is 0.429. The highest BCUT2D eigenvalue weighted by atomic mass is 35.5. The molecule has 10 aromatic carbocycles. The minimum absolute atomic E-state index is 0. The molecule has 0 amide bonds. The summed E-state index contributed by atoms with van der Waals surface area (Å²) in [6, 6.07) is 72.0. The first kappa shape index (κ1) is 76.7. The van der Waals surface area contributed by atoms with E-state index in [1.807, 2.05) is 0 Å². The van der Waals surface area contributed by atoms with E-state index in [0.29, 0.717) is 0 Å². The molecule has 0 N–H and O–H groups in total. The van der Waals surface area contributed by atoms with Gasteiger partial charge in [-0.2, -0.15) is 0 Å². The zero-order valence-electron chi connectivity index (χ0n) is 70.0. The molecule has 8 fully saturated rings. The van der Waals surface area contributed by atoms with E-state index in [-0.39, 0.29) is 46.6 Å². The van der Waals surface area contributed by atoms with Crippen LogP contribution in [-0.2, 0) is 32.5 Å². The van der Waals surface area contributed by atoms with Crippen molar-refractivity contribution >= 4 is 103 Å². The molecule has 0 spiro atoms. The third-order valence-corrected chi connectivity index (χ3v) is 27.8. The molecule has 0 aromatic heterocycles. The van der Waals surface area contributed by atoms with Crippen molar-refractivity contribution in [2.45, 2.75) is 255 Å². The number of fused-ring (bicyclic) bond motifs is 4. The zero-order chi connectivity index (χ0) is 77.4. The first-order valence-corrected chi connectivity index (χ1v) is 42.4. The predicted octanol–water partition coefficient (Wildman–Crippen LogP) is 28.3. The Labute approximate surface area is 673 Å². The molecular formula is C105H124BClN4. The Balaban J connectivity index is 0.000000167. The van der Waals surface area contributed by atoms with E-state index in [9.17, 15) is 0 Å². The standard InChI is InChI=1S/C52H59BN2.C52H61ClN2.CH4/c1-31-15-32(2)18-41(17-31)54-45-13-11-38(50(5,6)7)24-43(45)53-44-25-39(51(8,9)10)12-14-46(44)55(42-19-33(3)16-34(4)20-42)48-27-40(26-47(54)49(48)53)52-28-35-21-36(29-52)23-37(22-35)30-52;1-33-19-34(2)22-45(21-33)54(43-15-11-40(12-16-43)50(5,6)7)47-28-42(52-30-37-25-38(31-52)27-39(26-37)32-52)29-48(49(47)53)55(46-23-35(3)20-36(4)24-46)44-17-13-41(14-18-44)51(8,9)10;/h11-20,24-27,35-37H,21-23,28-30H2,1-10H3;11-24,28-29,37-39H,25-27,30-32H2,1-10H3;1H4. The van der Waals surface area contributed by atoms with E-state index in [1.165, 1.54) is 200 Å². The number of benzene rings is 10. The molecule has 0 radical (unpaired) electrons. The van der Waals surface area contributed by atoms with Crippen LogP contribution in [0.3, 0.4) is 0 Å². The predicted molar refractivity (Wildman–Crippen MR) is 480 cm³/mol. The highest BCUT2D eigenvalue weighted by Gasteiger charge is 2.55. The number of hydrogen-bond acceptors (Lipinski definition) is 4. The molecule has 0 saturated heterocycles. The van der Waals surface area contributed by atoms with Crippen molar-refractivity contribution in [2.75, 3.05) is 19.6 Å². The van der Waals surface area contributed by atoms with Gasteiger partial charge in [0.25, 0.3) is 6.71 Å². The van der Waals surface area contributed by atoms with Gasteiger partial charge in [-0.3, -0.25) is 0 Å². The van der Waals surface area contributed by atoms with E-state index < -0.39 is 0 Å². The van der Waals surface area contributed by atoms with Crippen LogP contribution in [-0.4, -0.2) is 6.71 Å². The summed E-state index contributed by atoms with van der Waals surface area (Å²) in [4.78, 5) is 10.3. The van der Waals surface area contributed by atoms with Crippen molar-refractivity contribution < 1.29 is 0 Å². The van der Waals surface area contributed by atoms with Gasteiger partial charge in [-0.25, -0.2) is 0 Å². The van der Waals surface area contributed by atoms with Gasteiger partial charge in [0, 0.05) is 56.9 Å². The summed E-state index contributed by atoms with van der Waals surface area (Å²) >= 11 is 8.06. The SMILES string of the molecule is C.Cc1cc(C)cc(N(c2ccc(C(C)(C)C)cc2)c2cc(C34CC5CC(CC(C5)C3)C4)cc(N(c3ccc(C(C)(C)C)cc3)c3cc(C)cc(C)c3)c2Cl)c1.Cc1cc(C)cc(N2c3ccc(C(C)(C)C)cc3B3c4cc(C(C)(C)C)ccc4N(c4cc(C)cc(C)c4)c4cc(C56CC7CC(CC(C7)C5)C6)cc2c43)c1. The lowest BCUT2D eigenvalue weighted by molar-refractivity contribution is -0.00526. The van der Waals surface area contributed by atoms with Gasteiger partial charge in [0.1, 0.15) is 0 Å². The lowest BCUT2D eigenvalue weighted by atomic mass is 9.33. The van der Waals surface area contributed by atoms with Crippen molar-refractivity contribution in [1.29, 1.82) is 0 Å². The van der Waals surface area contributed by atoms with Crippen LogP contribution in [0.25, 0.3) is 0 Å². The first-order chi connectivity index (χ1) is 52.0. The average molecular weight is 1490 g/mol. The average Bonchev–Trinajstić information content (AvgIpc) is 0.689. The van der Waals surface area contributed by atoms with Crippen LogP contribution in [0.5, 0.6) is 0 Å². The Kier molecular flexibility index (Phi) is 19.2. The lowest BCUT2D eigenvalue weighted by Gasteiger charge is -2.57. The number of rotatable bonds is 10. The molecule has 2 aliphatic heterocycles. The Bertz CT molecular complexity index is 4800. The largest absolute Gasteiger partial charge is 0.311 e. The van der Waals surface area contributed by atoms with Gasteiger partial charge in [0.15, 0.2) is 0 Å². The van der Waals surface area contributed by atoms with Crippen LogP contribution in [0.1, 0.15) is 245 Å². The maximum absolute atomic E-state index is 8.06. The summed E-state index contributed by atoms with van der Waals surface area (Å²) < 4.78 is 0. The second kappa shape index (κ2) is 27.8. The number of nitrogens with zero attached hydrogens (tertiary/aromatic N) is 4. The van der Waals surface area contributed by atoms with Gasteiger partial charge in [0.05, 0.1) is 16.4 Å². The molecule has 8 saturated carbocycles.